The lowest BCUT2D eigenvalue weighted by molar-refractivity contribution is -0.144. The van der Waals surface area contributed by atoms with Crippen LogP contribution in [0.15, 0.2) is 0 Å². The van der Waals surface area contributed by atoms with Gasteiger partial charge in [-0.2, -0.15) is 0 Å². The molecule has 0 aromatic carbocycles. The maximum absolute atomic E-state index is 12.6. The number of rotatable bonds is 7. The van der Waals surface area contributed by atoms with Gasteiger partial charge in [0.15, 0.2) is 12.2 Å². The van der Waals surface area contributed by atoms with Gasteiger partial charge in [0.2, 0.25) is 5.91 Å². The van der Waals surface area contributed by atoms with Crippen LogP contribution in [0.2, 0.25) is 0 Å². The monoisotopic (exact) mass is 326 g/mol. The highest BCUT2D eigenvalue weighted by atomic mass is 16.6. The summed E-state index contributed by atoms with van der Waals surface area (Å²) in [5.41, 5.74) is 0. The van der Waals surface area contributed by atoms with E-state index in [1.54, 1.807) is 11.8 Å². The Hall–Kier alpha value is -1.63. The molecule has 0 saturated carbocycles. The predicted molar refractivity (Wildman–Crippen MR) is 82.5 cm³/mol. The van der Waals surface area contributed by atoms with Gasteiger partial charge in [-0.3, -0.25) is 9.59 Å². The number of epoxide rings is 1. The molecule has 2 heterocycles. The molecule has 130 valence electrons. The van der Waals surface area contributed by atoms with Crippen LogP contribution >= 0.6 is 0 Å². The van der Waals surface area contributed by atoms with Crippen molar-refractivity contribution in [1.82, 2.24) is 10.2 Å². The third-order valence-corrected chi connectivity index (χ3v) is 4.01. The fourth-order valence-electron chi connectivity index (χ4n) is 2.82. The second kappa shape index (κ2) is 7.77. The van der Waals surface area contributed by atoms with Gasteiger partial charge in [-0.15, -0.1) is 0 Å². The summed E-state index contributed by atoms with van der Waals surface area (Å²) in [7, 11) is 0. The van der Waals surface area contributed by atoms with Crippen molar-refractivity contribution in [3.63, 3.8) is 0 Å². The fourth-order valence-corrected chi connectivity index (χ4v) is 2.82. The van der Waals surface area contributed by atoms with E-state index in [2.05, 4.69) is 5.32 Å². The molecule has 0 unspecified atom stereocenters. The van der Waals surface area contributed by atoms with Crippen LogP contribution in [0.5, 0.6) is 0 Å². The Morgan fingerprint density at radius 3 is 2.43 bits per heavy atom. The Morgan fingerprint density at radius 1 is 1.22 bits per heavy atom. The molecular formula is C16H26N2O5. The van der Waals surface area contributed by atoms with Crippen molar-refractivity contribution in [2.24, 2.45) is 5.92 Å². The molecule has 2 aliphatic heterocycles. The zero-order valence-corrected chi connectivity index (χ0v) is 14.0. The van der Waals surface area contributed by atoms with Crippen LogP contribution in [0.4, 0.5) is 0 Å². The van der Waals surface area contributed by atoms with Crippen LogP contribution in [-0.2, 0) is 23.9 Å². The zero-order chi connectivity index (χ0) is 17.0. The second-order valence-corrected chi connectivity index (χ2v) is 6.45. The van der Waals surface area contributed by atoms with Crippen molar-refractivity contribution in [3.05, 3.63) is 0 Å². The summed E-state index contributed by atoms with van der Waals surface area (Å²) in [6.07, 6.45) is 0.902. The SMILES string of the molecule is CCOC(=O)[C@H]1O[C@@H]1C(=O)N[C@@H](CC(C)C)C(=O)N1CCCC1. The average Bonchev–Trinajstić information content (AvgIpc) is 3.12. The molecule has 2 fully saturated rings. The molecule has 0 aromatic rings. The van der Waals surface area contributed by atoms with E-state index in [1.165, 1.54) is 0 Å². The van der Waals surface area contributed by atoms with Gasteiger partial charge in [0, 0.05) is 13.1 Å². The van der Waals surface area contributed by atoms with E-state index in [0.29, 0.717) is 6.42 Å². The van der Waals surface area contributed by atoms with Crippen LogP contribution in [0.1, 0.15) is 40.0 Å². The van der Waals surface area contributed by atoms with Gasteiger partial charge in [0.25, 0.3) is 5.91 Å². The first-order chi connectivity index (χ1) is 10.9. The van der Waals surface area contributed by atoms with Gasteiger partial charge >= 0.3 is 5.97 Å². The van der Waals surface area contributed by atoms with E-state index in [1.807, 2.05) is 13.8 Å². The highest BCUT2D eigenvalue weighted by Crippen LogP contribution is 2.24. The van der Waals surface area contributed by atoms with Gasteiger partial charge in [0.1, 0.15) is 6.04 Å². The molecule has 7 nitrogen and oxygen atoms in total. The van der Waals surface area contributed by atoms with E-state index in [4.69, 9.17) is 9.47 Å². The van der Waals surface area contributed by atoms with Crippen LogP contribution in [0.3, 0.4) is 0 Å². The molecule has 0 aromatic heterocycles. The van der Waals surface area contributed by atoms with E-state index in [-0.39, 0.29) is 18.4 Å². The van der Waals surface area contributed by atoms with Crippen molar-refractivity contribution >= 4 is 17.8 Å². The second-order valence-electron chi connectivity index (χ2n) is 6.45. The topological polar surface area (TPSA) is 88.2 Å². The maximum atomic E-state index is 12.6. The first-order valence-corrected chi connectivity index (χ1v) is 8.35. The number of ether oxygens (including phenoxy) is 2. The van der Waals surface area contributed by atoms with Crippen LogP contribution in [0.25, 0.3) is 0 Å². The fraction of sp³-hybridized carbons (Fsp3) is 0.812. The number of hydrogen-bond acceptors (Lipinski definition) is 5. The quantitative estimate of drug-likeness (QED) is 0.543. The third-order valence-electron chi connectivity index (χ3n) is 4.01. The molecule has 2 amide bonds. The lowest BCUT2D eigenvalue weighted by Crippen LogP contribution is -2.49. The zero-order valence-electron chi connectivity index (χ0n) is 14.0. The summed E-state index contributed by atoms with van der Waals surface area (Å²) in [5.74, 6) is -0.717. The summed E-state index contributed by atoms with van der Waals surface area (Å²) in [4.78, 5) is 38.1. The minimum atomic E-state index is -0.838. The molecule has 23 heavy (non-hydrogen) atoms. The maximum Gasteiger partial charge on any atom is 0.338 e. The summed E-state index contributed by atoms with van der Waals surface area (Å²) in [6, 6.07) is -0.562. The lowest BCUT2D eigenvalue weighted by Gasteiger charge is -2.25. The number of hydrogen-bond donors (Lipinski definition) is 1. The minimum Gasteiger partial charge on any atom is -0.464 e. The Morgan fingerprint density at radius 2 is 1.87 bits per heavy atom. The predicted octanol–water partition coefficient (Wildman–Crippen LogP) is 0.470. The molecule has 2 aliphatic rings. The standard InChI is InChI=1S/C16H26N2O5/c1-4-22-16(21)13-12(23-13)14(19)17-11(9-10(2)3)15(20)18-7-5-6-8-18/h10-13H,4-9H2,1-3H3,(H,17,19)/t11-,12-,13-/m0/s1. The van der Waals surface area contributed by atoms with Crippen molar-refractivity contribution in [3.8, 4) is 0 Å². The average molecular weight is 326 g/mol. The Labute approximate surface area is 136 Å². The van der Waals surface area contributed by atoms with Gasteiger partial charge < -0.3 is 19.7 Å². The molecule has 2 saturated heterocycles. The van der Waals surface area contributed by atoms with Gasteiger partial charge in [-0.05, 0) is 32.1 Å². The van der Waals surface area contributed by atoms with Gasteiger partial charge in [-0.1, -0.05) is 13.8 Å². The number of amides is 2. The smallest absolute Gasteiger partial charge is 0.338 e. The number of nitrogens with one attached hydrogen (secondary N) is 1. The highest BCUT2D eigenvalue weighted by Gasteiger charge is 2.52. The van der Waals surface area contributed by atoms with Crippen molar-refractivity contribution < 1.29 is 23.9 Å². The number of carbonyl (C=O) groups excluding carboxylic acids is 3. The summed E-state index contributed by atoms with van der Waals surface area (Å²) in [5, 5.41) is 2.75. The van der Waals surface area contributed by atoms with Crippen LogP contribution in [-0.4, -0.2) is 60.6 Å². The molecule has 0 bridgehead atoms. The summed E-state index contributed by atoms with van der Waals surface area (Å²) < 4.78 is 9.92. The molecule has 7 heteroatoms. The molecule has 0 aliphatic carbocycles. The first kappa shape index (κ1) is 17.7. The molecule has 2 rings (SSSR count). The summed E-state index contributed by atoms with van der Waals surface area (Å²) >= 11 is 0. The van der Waals surface area contributed by atoms with Crippen molar-refractivity contribution in [2.45, 2.75) is 58.3 Å². The molecule has 1 N–H and O–H groups in total. The van der Waals surface area contributed by atoms with Gasteiger partial charge in [0.05, 0.1) is 6.61 Å². The minimum absolute atomic E-state index is 0.0436. The van der Waals surface area contributed by atoms with E-state index >= 15 is 0 Å². The number of nitrogens with zero attached hydrogens (tertiary/aromatic N) is 1. The molecule has 0 spiro atoms. The highest BCUT2D eigenvalue weighted by molar-refractivity contribution is 5.95. The largest absolute Gasteiger partial charge is 0.464 e. The summed E-state index contributed by atoms with van der Waals surface area (Å²) in [6.45, 7) is 7.44. The third kappa shape index (κ3) is 4.67. The molecule has 0 radical (unpaired) electrons. The Balaban J connectivity index is 1.91. The molecular weight excluding hydrogens is 300 g/mol. The first-order valence-electron chi connectivity index (χ1n) is 8.35. The van der Waals surface area contributed by atoms with E-state index < -0.39 is 30.1 Å². The van der Waals surface area contributed by atoms with E-state index in [0.717, 1.165) is 25.9 Å². The van der Waals surface area contributed by atoms with E-state index in [9.17, 15) is 14.4 Å². The number of likely N-dealkylation sites (tertiary alicyclic amines) is 1. The van der Waals surface area contributed by atoms with Crippen molar-refractivity contribution in [2.75, 3.05) is 19.7 Å². The molecule has 3 atom stereocenters. The Kier molecular flexibility index (Phi) is 5.98. The van der Waals surface area contributed by atoms with Crippen molar-refractivity contribution in [1.29, 1.82) is 0 Å². The number of carbonyl (C=O) groups is 3. The Bertz CT molecular complexity index is 459. The van der Waals surface area contributed by atoms with Crippen LogP contribution < -0.4 is 5.32 Å². The lowest BCUT2D eigenvalue weighted by atomic mass is 10.0. The van der Waals surface area contributed by atoms with Gasteiger partial charge in [-0.25, -0.2) is 4.79 Å². The normalized spacial score (nSPS) is 24.4. The van der Waals surface area contributed by atoms with Crippen LogP contribution in [0, 0.1) is 5.92 Å². The number of esters is 1.